The normalized spacial score (nSPS) is 43.8. The van der Waals surface area contributed by atoms with E-state index in [1.807, 2.05) is 0 Å². The Labute approximate surface area is 245 Å². The minimum atomic E-state index is -4.10. The molecular formula is C26H48NNaO8S. The fraction of sp³-hybridized carbons (Fsp3) is 0.962. The number of aliphatic hydroxyl groups excluding tert-OH is 3. The third-order valence-corrected chi connectivity index (χ3v) is 11.7. The number of carbonyl (C=O) groups is 1. The summed E-state index contributed by atoms with van der Waals surface area (Å²) in [7, 11) is -4.10. The molecule has 1 amide bonds. The first-order valence-corrected chi connectivity index (χ1v) is 15.1. The molecule has 0 spiro atoms. The molecule has 4 fully saturated rings. The third kappa shape index (κ3) is 6.43. The number of hydrogen-bond donors (Lipinski definition) is 5. The largest absolute Gasteiger partial charge is 1.00 e. The van der Waals surface area contributed by atoms with Crippen molar-refractivity contribution in [1.82, 2.24) is 5.32 Å². The summed E-state index contributed by atoms with van der Waals surface area (Å²) in [6.07, 6.45) is 5.67. The molecule has 0 radical (unpaired) electrons. The Hall–Kier alpha value is 0.220. The maximum atomic E-state index is 12.2. The Bertz CT molecular complexity index is 912. The van der Waals surface area contributed by atoms with Crippen molar-refractivity contribution in [3.63, 3.8) is 0 Å². The van der Waals surface area contributed by atoms with Gasteiger partial charge in [0.05, 0.1) is 24.1 Å². The molecule has 4 aliphatic rings. The Morgan fingerprint density at radius 3 is 2.41 bits per heavy atom. The zero-order valence-electron chi connectivity index (χ0n) is 23.9. The van der Waals surface area contributed by atoms with E-state index in [-0.39, 0.29) is 102 Å². The summed E-state index contributed by atoms with van der Waals surface area (Å²) in [6.45, 7) is 6.56. The molecule has 11 heteroatoms. The van der Waals surface area contributed by atoms with Gasteiger partial charge in [0.15, 0.2) is 0 Å². The van der Waals surface area contributed by atoms with E-state index in [1.54, 1.807) is 0 Å². The van der Waals surface area contributed by atoms with E-state index in [9.17, 15) is 28.5 Å². The second kappa shape index (κ2) is 12.4. The van der Waals surface area contributed by atoms with Crippen molar-refractivity contribution in [2.75, 3.05) is 12.3 Å². The number of nitrogens with one attached hydrogen (secondary N) is 1. The van der Waals surface area contributed by atoms with Crippen LogP contribution in [-0.4, -0.2) is 70.3 Å². The molecule has 4 aliphatic carbocycles. The van der Waals surface area contributed by atoms with Crippen molar-refractivity contribution in [1.29, 1.82) is 0 Å². The molecule has 0 aliphatic heterocycles. The summed E-state index contributed by atoms with van der Waals surface area (Å²) >= 11 is 0. The molecule has 0 saturated heterocycles. The van der Waals surface area contributed by atoms with Gasteiger partial charge in [0.25, 0.3) is 10.1 Å². The maximum Gasteiger partial charge on any atom is 1.00 e. The Morgan fingerprint density at radius 1 is 1.08 bits per heavy atom. The van der Waals surface area contributed by atoms with Crippen molar-refractivity contribution < 1.29 is 69.5 Å². The average Bonchev–Trinajstić information content (AvgIpc) is 3.12. The van der Waals surface area contributed by atoms with Crippen molar-refractivity contribution >= 4 is 16.0 Å². The van der Waals surface area contributed by atoms with E-state index in [0.29, 0.717) is 18.8 Å². The maximum absolute atomic E-state index is 12.2. The standard InChI is InChI=1S/C26H45NO7S.Na.H2O.H/c1-15(4-7-23(31)27-10-11-35(32,33)34)18-5-6-19-24-20(14-22(30)26(18,19)3)25(2)9-8-17(28)12-16(25)13-21(24)29;;;/h15-22,24,28-30H,4-14H2,1-3H3,(H,27,31)(H,32,33,34);;1H2;/q;+1;;-1/t15-,16?,17-,18-,19+,20+,21-,22+,24+,25+,26-;;;/m1.../s1. The van der Waals surface area contributed by atoms with Crippen LogP contribution in [-0.2, 0) is 14.9 Å². The second-order valence-electron chi connectivity index (χ2n) is 12.7. The van der Waals surface area contributed by atoms with Gasteiger partial charge in [-0.15, -0.1) is 0 Å². The zero-order valence-corrected chi connectivity index (χ0v) is 25.7. The number of fused-ring (bicyclic) bond motifs is 5. The number of hydrogen-bond acceptors (Lipinski definition) is 6. The molecule has 4 rings (SSSR count). The summed E-state index contributed by atoms with van der Waals surface area (Å²) in [5.74, 6) is 0.705. The van der Waals surface area contributed by atoms with E-state index in [0.717, 1.165) is 38.5 Å². The number of aliphatic hydroxyl groups is 3. The van der Waals surface area contributed by atoms with Crippen LogP contribution in [0, 0.1) is 46.3 Å². The van der Waals surface area contributed by atoms with Crippen LogP contribution in [0.1, 0.15) is 80.0 Å². The van der Waals surface area contributed by atoms with Gasteiger partial charge >= 0.3 is 29.6 Å². The molecule has 1 unspecified atom stereocenters. The van der Waals surface area contributed by atoms with Crippen LogP contribution in [0.15, 0.2) is 0 Å². The smallest absolute Gasteiger partial charge is 1.00 e. The van der Waals surface area contributed by atoms with Gasteiger partial charge in [0.2, 0.25) is 5.91 Å². The van der Waals surface area contributed by atoms with Gasteiger partial charge in [-0.3, -0.25) is 9.35 Å². The summed E-state index contributed by atoms with van der Waals surface area (Å²) in [5, 5.41) is 35.8. The first-order valence-electron chi connectivity index (χ1n) is 13.5. The fourth-order valence-electron chi connectivity index (χ4n) is 9.10. The minimum absolute atomic E-state index is 0. The quantitative estimate of drug-likeness (QED) is 0.190. The summed E-state index contributed by atoms with van der Waals surface area (Å²) in [5.41, 5.74) is -0.254. The van der Waals surface area contributed by atoms with Crippen molar-refractivity contribution in [3.8, 4) is 0 Å². The van der Waals surface area contributed by atoms with Crippen LogP contribution < -0.4 is 34.9 Å². The van der Waals surface area contributed by atoms with Crippen molar-refractivity contribution in [2.45, 2.75) is 96.9 Å². The van der Waals surface area contributed by atoms with Crippen LogP contribution in [0.4, 0.5) is 0 Å². The average molecular weight is 558 g/mol. The van der Waals surface area contributed by atoms with E-state index in [2.05, 4.69) is 26.1 Å². The second-order valence-corrected chi connectivity index (χ2v) is 14.2. The molecule has 0 heterocycles. The van der Waals surface area contributed by atoms with Crippen LogP contribution in [0.25, 0.3) is 0 Å². The molecule has 4 saturated carbocycles. The Morgan fingerprint density at radius 2 is 1.76 bits per heavy atom. The third-order valence-electron chi connectivity index (χ3n) is 11.0. The molecule has 212 valence electrons. The molecule has 11 atom stereocenters. The molecule has 0 aromatic heterocycles. The van der Waals surface area contributed by atoms with Crippen LogP contribution in [0.2, 0.25) is 0 Å². The molecule has 37 heavy (non-hydrogen) atoms. The van der Waals surface area contributed by atoms with E-state index < -0.39 is 28.1 Å². The van der Waals surface area contributed by atoms with Crippen LogP contribution in [0.3, 0.4) is 0 Å². The first kappa shape index (κ1) is 33.4. The molecule has 0 aromatic carbocycles. The monoisotopic (exact) mass is 557 g/mol. The molecule has 7 N–H and O–H groups in total. The van der Waals surface area contributed by atoms with E-state index in [1.165, 1.54) is 0 Å². The number of carbonyl (C=O) groups excluding carboxylic acids is 1. The molecule has 9 nitrogen and oxygen atoms in total. The van der Waals surface area contributed by atoms with E-state index >= 15 is 0 Å². The molecular weight excluding hydrogens is 509 g/mol. The van der Waals surface area contributed by atoms with Gasteiger partial charge < -0.3 is 27.5 Å². The number of amides is 1. The predicted molar refractivity (Wildman–Crippen MR) is 137 cm³/mol. The SMILES string of the molecule is C[C@H](CCC(=O)NCCS(=O)(=O)O)[C@H]1CC[C@H]2[C@@H]3[C@H](O)CC4C[C@H](O)CC[C@]4(C)[C@H]3C[C@H](O)[C@]12C.O.[H-].[Na+]. The molecule has 0 aromatic rings. The van der Waals surface area contributed by atoms with Crippen LogP contribution in [0.5, 0.6) is 0 Å². The number of rotatable bonds is 7. The predicted octanol–water partition coefficient (Wildman–Crippen LogP) is -1.34. The van der Waals surface area contributed by atoms with Gasteiger partial charge in [-0.1, -0.05) is 20.8 Å². The van der Waals surface area contributed by atoms with Gasteiger partial charge in [0.1, 0.15) is 0 Å². The molecule has 0 bridgehead atoms. The van der Waals surface area contributed by atoms with Gasteiger partial charge in [0, 0.05) is 13.0 Å². The first-order chi connectivity index (χ1) is 16.3. The van der Waals surface area contributed by atoms with Gasteiger partial charge in [-0.25, -0.2) is 0 Å². The summed E-state index contributed by atoms with van der Waals surface area (Å²) in [4.78, 5) is 12.2. The van der Waals surface area contributed by atoms with Crippen molar-refractivity contribution in [3.05, 3.63) is 0 Å². The van der Waals surface area contributed by atoms with Gasteiger partial charge in [-0.05, 0) is 97.7 Å². The van der Waals surface area contributed by atoms with Crippen molar-refractivity contribution in [2.24, 2.45) is 46.3 Å². The zero-order chi connectivity index (χ0) is 25.8. The fourth-order valence-corrected chi connectivity index (χ4v) is 9.46. The van der Waals surface area contributed by atoms with Crippen LogP contribution >= 0.6 is 0 Å². The topological polar surface area (TPSA) is 176 Å². The van der Waals surface area contributed by atoms with Gasteiger partial charge in [-0.2, -0.15) is 8.42 Å². The summed E-state index contributed by atoms with van der Waals surface area (Å²) < 4.78 is 30.5. The van der Waals surface area contributed by atoms with E-state index in [4.69, 9.17) is 4.55 Å². The summed E-state index contributed by atoms with van der Waals surface area (Å²) in [6, 6.07) is 0. The Kier molecular flexibility index (Phi) is 11.2. The Balaban J connectivity index is 0.00000241. The minimum Gasteiger partial charge on any atom is -1.00 e.